The van der Waals surface area contributed by atoms with Crippen LogP contribution in [-0.4, -0.2) is 37.2 Å². The predicted molar refractivity (Wildman–Crippen MR) is 358 cm³/mol. The second-order valence-corrected chi connectivity index (χ2v) is 24.5. The van der Waals surface area contributed by atoms with E-state index in [4.69, 9.17) is 14.2 Å². The average Bonchev–Trinajstić information content (AvgIpc) is 3.47. The van der Waals surface area contributed by atoms with E-state index in [1.165, 1.54) is 263 Å². The van der Waals surface area contributed by atoms with Gasteiger partial charge >= 0.3 is 17.9 Å². The summed E-state index contributed by atoms with van der Waals surface area (Å²) in [6, 6.07) is 0. The molecule has 0 fully saturated rings. The van der Waals surface area contributed by atoms with Crippen molar-refractivity contribution in [3.63, 3.8) is 0 Å². The monoisotopic (exact) mass is 1150 g/mol. The van der Waals surface area contributed by atoms with Crippen LogP contribution >= 0.6 is 0 Å². The van der Waals surface area contributed by atoms with Gasteiger partial charge in [0.15, 0.2) is 6.10 Å². The molecule has 0 aromatic heterocycles. The molecule has 0 spiro atoms. The van der Waals surface area contributed by atoms with Gasteiger partial charge in [0, 0.05) is 19.3 Å². The maximum absolute atomic E-state index is 13.0. The number of unbranched alkanes of at least 4 members (excludes halogenated alkanes) is 46. The largest absolute Gasteiger partial charge is 0.462 e. The Kier molecular flexibility index (Phi) is 68.1. The van der Waals surface area contributed by atoms with Crippen molar-refractivity contribution < 1.29 is 28.6 Å². The normalized spacial score (nSPS) is 12.4. The molecular weight excluding hydrogens is 1010 g/mol. The van der Waals surface area contributed by atoms with Gasteiger partial charge in [-0.05, 0) is 109 Å². The molecule has 1 atom stereocenters. The highest BCUT2D eigenvalue weighted by Crippen LogP contribution is 2.18. The van der Waals surface area contributed by atoms with Crippen molar-refractivity contribution in [3.05, 3.63) is 60.8 Å². The van der Waals surface area contributed by atoms with Gasteiger partial charge in [0.25, 0.3) is 0 Å². The quantitative estimate of drug-likeness (QED) is 0.0261. The minimum Gasteiger partial charge on any atom is -0.462 e. The van der Waals surface area contributed by atoms with Crippen molar-refractivity contribution >= 4 is 17.9 Å². The lowest BCUT2D eigenvalue weighted by atomic mass is 10.0. The van der Waals surface area contributed by atoms with Crippen LogP contribution in [0.1, 0.15) is 387 Å². The minimum atomic E-state index is -0.783. The lowest BCUT2D eigenvalue weighted by Crippen LogP contribution is -2.30. The smallest absolute Gasteiger partial charge is 0.306 e. The molecule has 0 heterocycles. The molecule has 0 amide bonds. The Bertz CT molecular complexity index is 1460. The minimum absolute atomic E-state index is 0.0772. The van der Waals surface area contributed by atoms with Crippen LogP contribution in [0.5, 0.6) is 0 Å². The molecule has 0 aliphatic carbocycles. The van der Waals surface area contributed by atoms with Gasteiger partial charge in [-0.1, -0.05) is 319 Å². The van der Waals surface area contributed by atoms with Gasteiger partial charge in [0.1, 0.15) is 13.2 Å². The van der Waals surface area contributed by atoms with Crippen LogP contribution in [0.2, 0.25) is 0 Å². The fraction of sp³-hybridized carbons (Fsp3) is 0.829. The molecule has 0 bridgehead atoms. The van der Waals surface area contributed by atoms with Crippen molar-refractivity contribution in [2.45, 2.75) is 393 Å². The maximum Gasteiger partial charge on any atom is 0.306 e. The van der Waals surface area contributed by atoms with Crippen LogP contribution in [0, 0.1) is 0 Å². The first-order valence-corrected chi connectivity index (χ1v) is 36.3. The summed E-state index contributed by atoms with van der Waals surface area (Å²) in [5.74, 6) is -0.870. The molecule has 1 unspecified atom stereocenters. The van der Waals surface area contributed by atoms with E-state index in [1.807, 2.05) is 0 Å². The van der Waals surface area contributed by atoms with E-state index in [-0.39, 0.29) is 31.1 Å². The molecule has 0 aromatic carbocycles. The zero-order valence-corrected chi connectivity index (χ0v) is 55.0. The Labute approximate surface area is 510 Å². The SMILES string of the molecule is CCCCCCC/C=C\C/C=C\C/C=C\CCCCCCCCCCC(=O)OC(COC(=O)CCCCCCC/C=C\CCCCCCCCC)COC(=O)CCCCCCCCCCCCCCC/C=C\CCCCCCCCCC. The molecule has 6 heteroatoms. The average molecular weight is 1150 g/mol. The van der Waals surface area contributed by atoms with E-state index in [2.05, 4.69) is 81.5 Å². The second-order valence-electron chi connectivity index (χ2n) is 24.5. The van der Waals surface area contributed by atoms with Crippen molar-refractivity contribution in [1.29, 1.82) is 0 Å². The van der Waals surface area contributed by atoms with E-state index in [0.717, 1.165) is 83.5 Å². The van der Waals surface area contributed by atoms with E-state index in [9.17, 15) is 14.4 Å². The van der Waals surface area contributed by atoms with Gasteiger partial charge in [-0.2, -0.15) is 0 Å². The summed E-state index contributed by atoms with van der Waals surface area (Å²) in [4.78, 5) is 38.5. The third-order valence-electron chi connectivity index (χ3n) is 16.2. The Morgan fingerprint density at radius 1 is 0.244 bits per heavy atom. The van der Waals surface area contributed by atoms with Gasteiger partial charge in [-0.25, -0.2) is 0 Å². The second kappa shape index (κ2) is 70.6. The number of carbonyl (C=O) groups excluding carboxylic acids is 3. The van der Waals surface area contributed by atoms with E-state index < -0.39 is 6.10 Å². The molecule has 0 saturated carbocycles. The summed E-state index contributed by atoms with van der Waals surface area (Å²) in [6.07, 6.45) is 91.0. The summed E-state index contributed by atoms with van der Waals surface area (Å²) in [6.45, 7) is 6.67. The fourth-order valence-electron chi connectivity index (χ4n) is 10.7. The maximum atomic E-state index is 13.0. The number of rotatable bonds is 67. The van der Waals surface area contributed by atoms with E-state index in [1.54, 1.807) is 0 Å². The summed E-state index contributed by atoms with van der Waals surface area (Å²) in [5, 5.41) is 0. The van der Waals surface area contributed by atoms with Crippen LogP contribution in [0.3, 0.4) is 0 Å². The molecule has 0 aromatic rings. The van der Waals surface area contributed by atoms with Crippen LogP contribution in [0.15, 0.2) is 60.8 Å². The first kappa shape index (κ1) is 79.1. The van der Waals surface area contributed by atoms with Crippen molar-refractivity contribution in [3.8, 4) is 0 Å². The standard InChI is InChI=1S/C76H138O6/c1-4-7-10-13-16-19-22-25-28-31-33-35-37-38-40-41-43-45-48-51-54-57-60-63-66-69-75(78)81-72-73(71-80-74(77)68-65-62-59-56-53-50-47-30-27-24-21-18-15-12-9-6-3)82-76(79)70-67-64-61-58-55-52-49-46-44-42-39-36-34-32-29-26-23-20-17-14-11-8-5-2/h23,26,30-34,39,42,47,73H,4-22,24-25,27-29,35-38,40-41,43-46,48-72H2,1-3H3/b26-23-,33-31-,34-32-,42-39-,47-30-. The Hall–Kier alpha value is -2.89. The predicted octanol–water partition coefficient (Wildman–Crippen LogP) is 25.1. The zero-order chi connectivity index (χ0) is 59.2. The van der Waals surface area contributed by atoms with Crippen molar-refractivity contribution in [1.82, 2.24) is 0 Å². The Balaban J connectivity index is 4.33. The molecule has 0 aliphatic heterocycles. The zero-order valence-electron chi connectivity index (χ0n) is 55.0. The molecule has 478 valence electrons. The Morgan fingerprint density at radius 3 is 0.695 bits per heavy atom. The van der Waals surface area contributed by atoms with Gasteiger partial charge in [-0.3, -0.25) is 14.4 Å². The van der Waals surface area contributed by atoms with Gasteiger partial charge in [0.2, 0.25) is 0 Å². The van der Waals surface area contributed by atoms with Crippen LogP contribution in [-0.2, 0) is 28.6 Å². The molecule has 0 saturated heterocycles. The third kappa shape index (κ3) is 67.9. The number of hydrogen-bond donors (Lipinski definition) is 0. The lowest BCUT2D eigenvalue weighted by molar-refractivity contribution is -0.167. The highest BCUT2D eigenvalue weighted by atomic mass is 16.6. The lowest BCUT2D eigenvalue weighted by Gasteiger charge is -2.18. The summed E-state index contributed by atoms with van der Waals surface area (Å²) >= 11 is 0. The molecule has 0 N–H and O–H groups in total. The molecule has 0 radical (unpaired) electrons. The van der Waals surface area contributed by atoms with Crippen molar-refractivity contribution in [2.24, 2.45) is 0 Å². The van der Waals surface area contributed by atoms with Crippen molar-refractivity contribution in [2.75, 3.05) is 13.2 Å². The number of allylic oxidation sites excluding steroid dienone is 10. The highest BCUT2D eigenvalue weighted by Gasteiger charge is 2.19. The van der Waals surface area contributed by atoms with E-state index >= 15 is 0 Å². The Morgan fingerprint density at radius 2 is 0.439 bits per heavy atom. The van der Waals surface area contributed by atoms with Crippen LogP contribution in [0.25, 0.3) is 0 Å². The molecule has 0 aliphatic rings. The van der Waals surface area contributed by atoms with Crippen LogP contribution < -0.4 is 0 Å². The topological polar surface area (TPSA) is 78.9 Å². The first-order chi connectivity index (χ1) is 40.5. The number of ether oxygens (including phenoxy) is 3. The molecule has 6 nitrogen and oxygen atoms in total. The molecular formula is C76H138O6. The fourth-order valence-corrected chi connectivity index (χ4v) is 10.7. The highest BCUT2D eigenvalue weighted by molar-refractivity contribution is 5.71. The summed E-state index contributed by atoms with van der Waals surface area (Å²) < 4.78 is 17.0. The van der Waals surface area contributed by atoms with E-state index in [0.29, 0.717) is 19.3 Å². The third-order valence-corrected chi connectivity index (χ3v) is 16.2. The summed E-state index contributed by atoms with van der Waals surface area (Å²) in [5.41, 5.74) is 0. The number of esters is 3. The first-order valence-electron chi connectivity index (χ1n) is 36.3. The van der Waals surface area contributed by atoms with Gasteiger partial charge in [-0.15, -0.1) is 0 Å². The number of carbonyl (C=O) groups is 3. The molecule has 0 rings (SSSR count). The summed E-state index contributed by atoms with van der Waals surface area (Å²) in [7, 11) is 0. The van der Waals surface area contributed by atoms with Crippen LogP contribution in [0.4, 0.5) is 0 Å². The van der Waals surface area contributed by atoms with Gasteiger partial charge in [0.05, 0.1) is 0 Å². The molecule has 82 heavy (non-hydrogen) atoms. The van der Waals surface area contributed by atoms with Gasteiger partial charge < -0.3 is 14.2 Å². The number of hydrogen-bond acceptors (Lipinski definition) is 6.